The van der Waals surface area contributed by atoms with Crippen molar-refractivity contribution in [3.8, 4) is 0 Å². The lowest BCUT2D eigenvalue weighted by Gasteiger charge is -2.10. The highest BCUT2D eigenvalue weighted by molar-refractivity contribution is 5.97. The molecule has 0 radical (unpaired) electrons. The van der Waals surface area contributed by atoms with Crippen LogP contribution in [0.3, 0.4) is 0 Å². The number of carboxylic acid groups (broad SMARTS) is 1. The minimum absolute atomic E-state index is 0.0216. The molecule has 2 aromatic heterocycles. The maximum absolute atomic E-state index is 12.4. The Morgan fingerprint density at radius 3 is 2.64 bits per heavy atom. The number of carboxylic acids is 1. The van der Waals surface area contributed by atoms with Gasteiger partial charge in [-0.15, -0.1) is 0 Å². The smallest absolute Gasteiger partial charge is 0.339 e. The average Bonchev–Trinajstić information content (AvgIpc) is 3.02. The van der Waals surface area contributed by atoms with Crippen LogP contribution >= 0.6 is 0 Å². The number of nitrogens with one attached hydrogen (secondary N) is 1. The predicted molar refractivity (Wildman–Crippen MR) is 103 cm³/mol. The van der Waals surface area contributed by atoms with Crippen molar-refractivity contribution in [3.63, 3.8) is 0 Å². The Morgan fingerprint density at radius 1 is 1.11 bits per heavy atom. The number of fused-ring (bicyclic) bond motifs is 4. The number of aliphatic carboxylic acids is 1. The van der Waals surface area contributed by atoms with E-state index >= 15 is 0 Å². The van der Waals surface area contributed by atoms with E-state index in [4.69, 9.17) is 13.9 Å². The third kappa shape index (κ3) is 3.28. The normalized spacial score (nSPS) is 13.6. The monoisotopic (exact) mass is 383 g/mol. The van der Waals surface area contributed by atoms with Crippen LogP contribution in [0.25, 0.3) is 21.9 Å². The second-order valence-corrected chi connectivity index (χ2v) is 7.22. The number of aryl methyl sites for hydroxylation is 3. The largest absolute Gasteiger partial charge is 0.480 e. The highest BCUT2D eigenvalue weighted by Gasteiger charge is 2.20. The van der Waals surface area contributed by atoms with Gasteiger partial charge < -0.3 is 19.3 Å². The molecule has 0 saturated heterocycles. The molecule has 0 bridgehead atoms. The van der Waals surface area contributed by atoms with Gasteiger partial charge >= 0.3 is 11.6 Å². The van der Waals surface area contributed by atoms with Crippen molar-refractivity contribution in [1.82, 2.24) is 5.32 Å². The van der Waals surface area contributed by atoms with Gasteiger partial charge in [-0.05, 0) is 44.2 Å². The second-order valence-electron chi connectivity index (χ2n) is 7.22. The molecule has 7 heteroatoms. The molecule has 1 amide bonds. The van der Waals surface area contributed by atoms with Gasteiger partial charge in [0.2, 0.25) is 5.91 Å². The number of carbonyl (C=O) groups excluding carboxylic acids is 1. The zero-order valence-electron chi connectivity index (χ0n) is 15.6. The molecule has 1 aliphatic carbocycles. The molecule has 3 aromatic rings. The highest BCUT2D eigenvalue weighted by atomic mass is 16.4. The highest BCUT2D eigenvalue weighted by Crippen LogP contribution is 2.35. The first-order valence-corrected chi connectivity index (χ1v) is 9.43. The average molecular weight is 383 g/mol. The van der Waals surface area contributed by atoms with Crippen LogP contribution in [0, 0.1) is 6.92 Å². The molecular weight excluding hydrogens is 362 g/mol. The summed E-state index contributed by atoms with van der Waals surface area (Å²) in [6.07, 6.45) is 4.39. The Labute approximate surface area is 160 Å². The van der Waals surface area contributed by atoms with Gasteiger partial charge in [-0.1, -0.05) is 0 Å². The summed E-state index contributed by atoms with van der Waals surface area (Å²) in [4.78, 5) is 34.8. The van der Waals surface area contributed by atoms with Crippen molar-refractivity contribution in [2.45, 2.75) is 45.4 Å². The third-order valence-corrected chi connectivity index (χ3v) is 5.40. The molecule has 0 aliphatic heterocycles. The Kier molecular flexibility index (Phi) is 4.66. The number of carbonyl (C=O) groups is 2. The minimum atomic E-state index is -1.11. The molecule has 1 aromatic carbocycles. The third-order valence-electron chi connectivity index (χ3n) is 5.40. The first kappa shape index (κ1) is 18.3. The molecule has 7 nitrogen and oxygen atoms in total. The summed E-state index contributed by atoms with van der Waals surface area (Å²) in [6, 6.07) is 3.80. The number of rotatable bonds is 5. The van der Waals surface area contributed by atoms with E-state index in [0.29, 0.717) is 11.1 Å². The summed E-state index contributed by atoms with van der Waals surface area (Å²) in [5.74, 6) is -0.505. The Hall–Kier alpha value is -3.09. The summed E-state index contributed by atoms with van der Waals surface area (Å²) < 4.78 is 11.5. The number of furan rings is 1. The van der Waals surface area contributed by atoms with Gasteiger partial charge in [0.15, 0.2) is 0 Å². The molecule has 146 valence electrons. The van der Waals surface area contributed by atoms with Crippen LogP contribution in [0.4, 0.5) is 0 Å². The summed E-state index contributed by atoms with van der Waals surface area (Å²) in [5, 5.41) is 12.8. The molecule has 0 atom stereocenters. The first-order valence-electron chi connectivity index (χ1n) is 9.43. The maximum Gasteiger partial charge on any atom is 0.339 e. The van der Waals surface area contributed by atoms with E-state index in [1.54, 1.807) is 6.07 Å². The summed E-state index contributed by atoms with van der Waals surface area (Å²) >= 11 is 0. The number of amides is 1. The number of hydrogen-bond acceptors (Lipinski definition) is 5. The van der Waals surface area contributed by atoms with Crippen molar-refractivity contribution in [1.29, 1.82) is 0 Å². The zero-order valence-corrected chi connectivity index (χ0v) is 15.6. The van der Waals surface area contributed by atoms with Crippen LogP contribution < -0.4 is 10.9 Å². The van der Waals surface area contributed by atoms with Crippen LogP contribution in [-0.2, 0) is 28.9 Å². The maximum atomic E-state index is 12.4. The molecule has 0 saturated carbocycles. The van der Waals surface area contributed by atoms with E-state index in [-0.39, 0.29) is 12.8 Å². The predicted octanol–water partition coefficient (Wildman–Crippen LogP) is 2.86. The van der Waals surface area contributed by atoms with Crippen LogP contribution in [0.5, 0.6) is 0 Å². The topological polar surface area (TPSA) is 110 Å². The lowest BCUT2D eigenvalue weighted by Crippen LogP contribution is -2.29. The van der Waals surface area contributed by atoms with Crippen molar-refractivity contribution >= 4 is 33.8 Å². The van der Waals surface area contributed by atoms with Gasteiger partial charge in [0.1, 0.15) is 23.5 Å². The Bertz CT molecular complexity index is 1150. The Balaban J connectivity index is 1.70. The summed E-state index contributed by atoms with van der Waals surface area (Å²) in [5.41, 5.74) is 3.19. The molecule has 0 spiro atoms. The van der Waals surface area contributed by atoms with Crippen LogP contribution in [-0.4, -0.2) is 23.5 Å². The Morgan fingerprint density at radius 2 is 1.86 bits per heavy atom. The van der Waals surface area contributed by atoms with Gasteiger partial charge in [0, 0.05) is 40.8 Å². The SMILES string of the molecule is Cc1c(CCC(=O)NCC(=O)O)c(=O)oc2cc3oc4c(c3cc12)CCCC4. The summed E-state index contributed by atoms with van der Waals surface area (Å²) in [7, 11) is 0. The van der Waals surface area contributed by atoms with Gasteiger partial charge in [-0.3, -0.25) is 9.59 Å². The lowest BCUT2D eigenvalue weighted by molar-refractivity contribution is -0.137. The van der Waals surface area contributed by atoms with Crippen molar-refractivity contribution in [2.75, 3.05) is 6.54 Å². The second kappa shape index (κ2) is 7.14. The molecule has 0 unspecified atom stereocenters. The van der Waals surface area contributed by atoms with Gasteiger partial charge in [0.25, 0.3) is 0 Å². The van der Waals surface area contributed by atoms with Gasteiger partial charge in [-0.2, -0.15) is 0 Å². The fraction of sp³-hybridized carbons (Fsp3) is 0.381. The quantitative estimate of drug-likeness (QED) is 0.656. The molecule has 28 heavy (non-hydrogen) atoms. The molecule has 0 fully saturated rings. The van der Waals surface area contributed by atoms with E-state index in [0.717, 1.165) is 53.4 Å². The molecular formula is C21H21NO6. The number of benzene rings is 1. The van der Waals surface area contributed by atoms with Crippen molar-refractivity contribution in [2.24, 2.45) is 0 Å². The molecule has 2 N–H and O–H groups in total. The van der Waals surface area contributed by atoms with Crippen molar-refractivity contribution in [3.05, 3.63) is 45.0 Å². The fourth-order valence-corrected chi connectivity index (χ4v) is 3.93. The van der Waals surface area contributed by atoms with E-state index in [9.17, 15) is 14.4 Å². The fourth-order valence-electron chi connectivity index (χ4n) is 3.93. The van der Waals surface area contributed by atoms with Gasteiger partial charge in [-0.25, -0.2) is 4.79 Å². The van der Waals surface area contributed by atoms with Crippen LogP contribution in [0.15, 0.2) is 25.8 Å². The molecule has 4 rings (SSSR count). The summed E-state index contributed by atoms with van der Waals surface area (Å²) in [6.45, 7) is 1.41. The zero-order chi connectivity index (χ0) is 19.8. The molecule has 2 heterocycles. The van der Waals surface area contributed by atoms with E-state index in [1.165, 1.54) is 5.56 Å². The van der Waals surface area contributed by atoms with Crippen LogP contribution in [0.1, 0.15) is 41.7 Å². The van der Waals surface area contributed by atoms with E-state index in [1.807, 2.05) is 13.0 Å². The standard InChI is InChI=1S/C21H21NO6/c1-11-12(6-7-19(23)22-10-20(24)25)21(26)28-17-9-18-15(8-14(11)17)13-4-2-3-5-16(13)27-18/h8-9H,2-7,10H2,1H3,(H,22,23)(H,24,25). The first-order chi connectivity index (χ1) is 13.4. The van der Waals surface area contributed by atoms with E-state index in [2.05, 4.69) is 5.32 Å². The van der Waals surface area contributed by atoms with E-state index < -0.39 is 24.0 Å². The minimum Gasteiger partial charge on any atom is -0.480 e. The van der Waals surface area contributed by atoms with Crippen molar-refractivity contribution < 1.29 is 23.5 Å². The molecule has 1 aliphatic rings. The number of hydrogen-bond donors (Lipinski definition) is 2. The lowest BCUT2D eigenvalue weighted by atomic mass is 9.94. The van der Waals surface area contributed by atoms with Gasteiger partial charge in [0.05, 0.1) is 0 Å². The van der Waals surface area contributed by atoms with Crippen LogP contribution in [0.2, 0.25) is 0 Å².